The summed E-state index contributed by atoms with van der Waals surface area (Å²) in [5, 5.41) is 2.70. The zero-order valence-electron chi connectivity index (χ0n) is 17.5. The highest BCUT2D eigenvalue weighted by atomic mass is 19.4. The molecule has 166 valence electrons. The molecule has 0 saturated carbocycles. The van der Waals surface area contributed by atoms with E-state index < -0.39 is 11.7 Å². The number of nitrogens with one attached hydrogen (secondary N) is 1. The number of hydrogen-bond donors (Lipinski definition) is 1. The second kappa shape index (κ2) is 9.98. The van der Waals surface area contributed by atoms with Gasteiger partial charge in [0, 0.05) is 31.6 Å². The largest absolute Gasteiger partial charge is 0.416 e. The van der Waals surface area contributed by atoms with E-state index in [1.807, 2.05) is 36.1 Å². The van der Waals surface area contributed by atoms with Gasteiger partial charge in [-0.15, -0.1) is 0 Å². The van der Waals surface area contributed by atoms with Crippen LogP contribution in [0.25, 0.3) is 0 Å². The maximum absolute atomic E-state index is 12.8. The van der Waals surface area contributed by atoms with E-state index in [0.29, 0.717) is 37.4 Å². The number of halogens is 3. The van der Waals surface area contributed by atoms with Crippen molar-refractivity contribution >= 4 is 11.8 Å². The lowest BCUT2D eigenvalue weighted by molar-refractivity contribution is -0.137. The molecule has 7 heteroatoms. The Kier molecular flexibility index (Phi) is 7.36. The van der Waals surface area contributed by atoms with E-state index in [1.54, 1.807) is 6.07 Å². The molecular weight excluding hydrogens is 405 g/mol. The first-order chi connectivity index (χ1) is 14.7. The lowest BCUT2D eigenvalue weighted by atomic mass is 9.91. The quantitative estimate of drug-likeness (QED) is 0.701. The van der Waals surface area contributed by atoms with Gasteiger partial charge < -0.3 is 10.2 Å². The molecule has 31 heavy (non-hydrogen) atoms. The van der Waals surface area contributed by atoms with Crippen molar-refractivity contribution < 1.29 is 22.8 Å². The van der Waals surface area contributed by atoms with Gasteiger partial charge in [0.25, 0.3) is 5.91 Å². The van der Waals surface area contributed by atoms with Crippen molar-refractivity contribution in [3.8, 4) is 0 Å². The van der Waals surface area contributed by atoms with Crippen molar-refractivity contribution in [2.24, 2.45) is 5.92 Å². The fourth-order valence-electron chi connectivity index (χ4n) is 3.89. The highest BCUT2D eigenvalue weighted by Crippen LogP contribution is 2.29. The van der Waals surface area contributed by atoms with Crippen LogP contribution in [0.1, 0.15) is 52.7 Å². The number of benzene rings is 2. The summed E-state index contributed by atoms with van der Waals surface area (Å²) < 4.78 is 38.3. The molecule has 0 atom stereocenters. The van der Waals surface area contributed by atoms with E-state index in [2.05, 4.69) is 5.32 Å². The predicted molar refractivity (Wildman–Crippen MR) is 112 cm³/mol. The van der Waals surface area contributed by atoms with E-state index in [0.717, 1.165) is 36.1 Å². The molecule has 1 heterocycles. The van der Waals surface area contributed by atoms with Gasteiger partial charge in [0.2, 0.25) is 5.91 Å². The molecule has 0 spiro atoms. The van der Waals surface area contributed by atoms with Gasteiger partial charge in [0.1, 0.15) is 0 Å². The predicted octanol–water partition coefficient (Wildman–Crippen LogP) is 4.96. The number of likely N-dealkylation sites (tertiary alicyclic amines) is 1. The minimum absolute atomic E-state index is 0.0513. The summed E-state index contributed by atoms with van der Waals surface area (Å²) >= 11 is 0. The van der Waals surface area contributed by atoms with Gasteiger partial charge in [-0.2, -0.15) is 13.2 Å². The van der Waals surface area contributed by atoms with Crippen LogP contribution in [0.3, 0.4) is 0 Å². The van der Waals surface area contributed by atoms with Crippen LogP contribution in [0.2, 0.25) is 0 Å². The molecule has 2 amide bonds. The Morgan fingerprint density at radius 3 is 2.45 bits per heavy atom. The number of aryl methyl sites for hydroxylation is 1. The first kappa shape index (κ1) is 22.8. The van der Waals surface area contributed by atoms with Crippen molar-refractivity contribution in [1.82, 2.24) is 10.2 Å². The van der Waals surface area contributed by atoms with Gasteiger partial charge in [0.15, 0.2) is 0 Å². The van der Waals surface area contributed by atoms with E-state index in [9.17, 15) is 22.8 Å². The average molecular weight is 432 g/mol. The number of alkyl halides is 3. The Labute approximate surface area is 180 Å². The summed E-state index contributed by atoms with van der Waals surface area (Å²) in [6.07, 6.45) is -1.66. The molecule has 2 aromatic rings. The molecule has 1 N–H and O–H groups in total. The number of carbonyl (C=O) groups is 2. The standard InChI is InChI=1S/C24H27F3N2O2/c1-17-5-2-3-8-21(17)23(31)29-13-11-18(12-14-29)9-10-22(30)28-16-19-6-4-7-20(15-19)24(25,26)27/h2-8,15,18H,9-14,16H2,1H3,(H,28,30). The van der Waals surface area contributed by atoms with Crippen LogP contribution in [-0.2, 0) is 17.5 Å². The zero-order valence-corrected chi connectivity index (χ0v) is 17.5. The van der Waals surface area contributed by atoms with Crippen molar-refractivity contribution in [3.05, 3.63) is 70.8 Å². The normalized spacial score (nSPS) is 15.0. The average Bonchev–Trinajstić information content (AvgIpc) is 2.76. The molecule has 1 aliphatic heterocycles. The topological polar surface area (TPSA) is 49.4 Å². The van der Waals surface area contributed by atoms with E-state index >= 15 is 0 Å². The molecule has 0 radical (unpaired) electrons. The van der Waals surface area contributed by atoms with E-state index in [-0.39, 0.29) is 18.4 Å². The molecular formula is C24H27F3N2O2. The molecule has 0 aliphatic carbocycles. The van der Waals surface area contributed by atoms with Gasteiger partial charge in [-0.25, -0.2) is 0 Å². The van der Waals surface area contributed by atoms with Crippen LogP contribution < -0.4 is 5.32 Å². The maximum atomic E-state index is 12.8. The number of hydrogen-bond acceptors (Lipinski definition) is 2. The zero-order chi connectivity index (χ0) is 22.4. The van der Waals surface area contributed by atoms with E-state index in [1.165, 1.54) is 6.07 Å². The number of carbonyl (C=O) groups excluding carboxylic acids is 2. The van der Waals surface area contributed by atoms with Gasteiger partial charge in [-0.05, 0) is 61.4 Å². The Hall–Kier alpha value is -2.83. The molecule has 1 saturated heterocycles. The first-order valence-electron chi connectivity index (χ1n) is 10.5. The second-order valence-corrected chi connectivity index (χ2v) is 8.06. The van der Waals surface area contributed by atoms with Crippen molar-refractivity contribution in [3.63, 3.8) is 0 Å². The lowest BCUT2D eigenvalue weighted by Crippen LogP contribution is -2.39. The molecule has 0 aromatic heterocycles. The molecule has 0 bridgehead atoms. The highest BCUT2D eigenvalue weighted by Gasteiger charge is 2.30. The minimum Gasteiger partial charge on any atom is -0.352 e. The van der Waals surface area contributed by atoms with Crippen LogP contribution in [0.5, 0.6) is 0 Å². The Balaban J connectivity index is 1.40. The number of piperidine rings is 1. The van der Waals surface area contributed by atoms with Gasteiger partial charge in [-0.3, -0.25) is 9.59 Å². The molecule has 4 nitrogen and oxygen atoms in total. The van der Waals surface area contributed by atoms with Crippen molar-refractivity contribution in [2.45, 2.75) is 45.3 Å². The van der Waals surface area contributed by atoms with Crippen LogP contribution in [0, 0.1) is 12.8 Å². The van der Waals surface area contributed by atoms with Crippen LogP contribution >= 0.6 is 0 Å². The fraction of sp³-hybridized carbons (Fsp3) is 0.417. The number of rotatable bonds is 6. The summed E-state index contributed by atoms with van der Waals surface area (Å²) in [5.74, 6) is 0.242. The number of amides is 2. The monoisotopic (exact) mass is 432 g/mol. The van der Waals surface area contributed by atoms with Crippen LogP contribution in [0.4, 0.5) is 13.2 Å². The fourth-order valence-corrected chi connectivity index (χ4v) is 3.89. The van der Waals surface area contributed by atoms with Gasteiger partial charge in [0.05, 0.1) is 5.56 Å². The Morgan fingerprint density at radius 2 is 1.77 bits per heavy atom. The summed E-state index contributed by atoms with van der Waals surface area (Å²) in [6.45, 7) is 3.34. The molecule has 1 fully saturated rings. The van der Waals surface area contributed by atoms with E-state index in [4.69, 9.17) is 0 Å². The molecule has 2 aromatic carbocycles. The summed E-state index contributed by atoms with van der Waals surface area (Å²) in [6, 6.07) is 12.5. The molecule has 1 aliphatic rings. The van der Waals surface area contributed by atoms with Crippen molar-refractivity contribution in [1.29, 1.82) is 0 Å². The highest BCUT2D eigenvalue weighted by molar-refractivity contribution is 5.95. The smallest absolute Gasteiger partial charge is 0.352 e. The number of nitrogens with zero attached hydrogens (tertiary/aromatic N) is 1. The van der Waals surface area contributed by atoms with Crippen LogP contribution in [-0.4, -0.2) is 29.8 Å². The molecule has 0 unspecified atom stereocenters. The van der Waals surface area contributed by atoms with Crippen molar-refractivity contribution in [2.75, 3.05) is 13.1 Å². The van der Waals surface area contributed by atoms with Crippen LogP contribution in [0.15, 0.2) is 48.5 Å². The summed E-state index contributed by atoms with van der Waals surface area (Å²) in [7, 11) is 0. The van der Waals surface area contributed by atoms with Gasteiger partial charge >= 0.3 is 6.18 Å². The SMILES string of the molecule is Cc1ccccc1C(=O)N1CCC(CCC(=O)NCc2cccc(C(F)(F)F)c2)CC1. The minimum atomic E-state index is -4.39. The third-order valence-corrected chi connectivity index (χ3v) is 5.80. The van der Waals surface area contributed by atoms with Gasteiger partial charge in [-0.1, -0.05) is 30.3 Å². The molecule has 3 rings (SSSR count). The first-order valence-corrected chi connectivity index (χ1v) is 10.5. The Bertz CT molecular complexity index is 919. The Morgan fingerprint density at radius 1 is 1.06 bits per heavy atom. The summed E-state index contributed by atoms with van der Waals surface area (Å²) in [4.78, 5) is 26.7. The lowest BCUT2D eigenvalue weighted by Gasteiger charge is -2.32. The third-order valence-electron chi connectivity index (χ3n) is 5.80. The third kappa shape index (κ3) is 6.32. The maximum Gasteiger partial charge on any atom is 0.416 e. The summed E-state index contributed by atoms with van der Waals surface area (Å²) in [5.41, 5.74) is 1.40. The second-order valence-electron chi connectivity index (χ2n) is 8.06.